The summed E-state index contributed by atoms with van der Waals surface area (Å²) in [5.41, 5.74) is 0.582. The highest BCUT2D eigenvalue weighted by Crippen LogP contribution is 2.14. The molecule has 0 spiro atoms. The third kappa shape index (κ3) is 3.30. The number of amides is 1. The Kier molecular flexibility index (Phi) is 3.68. The average Bonchev–Trinajstić information content (AvgIpc) is 2.18. The fourth-order valence-electron chi connectivity index (χ4n) is 1.22. The number of carboxylic acids is 1. The van der Waals surface area contributed by atoms with Gasteiger partial charge in [-0.2, -0.15) is 0 Å². The zero-order valence-electron chi connectivity index (χ0n) is 7.88. The van der Waals surface area contributed by atoms with Crippen LogP contribution in [0.25, 0.3) is 0 Å². The van der Waals surface area contributed by atoms with E-state index in [1.54, 1.807) is 30.3 Å². The first-order valence-corrected chi connectivity index (χ1v) is 4.36. The largest absolute Gasteiger partial charge is 0.481 e. The van der Waals surface area contributed by atoms with E-state index in [1.807, 2.05) is 0 Å². The summed E-state index contributed by atoms with van der Waals surface area (Å²) in [4.78, 5) is 21.1. The van der Waals surface area contributed by atoms with Crippen molar-refractivity contribution in [3.63, 3.8) is 0 Å². The molecule has 0 fully saturated rings. The Morgan fingerprint density at radius 1 is 1.20 bits per heavy atom. The molecule has 0 radical (unpaired) electrons. The maximum atomic E-state index is 10.9. The lowest BCUT2D eigenvalue weighted by Crippen LogP contribution is -2.30. The van der Waals surface area contributed by atoms with E-state index in [2.05, 4.69) is 5.32 Å². The van der Waals surface area contributed by atoms with Crippen LogP contribution >= 0.6 is 0 Å². The third-order valence-electron chi connectivity index (χ3n) is 1.96. The van der Waals surface area contributed by atoms with Gasteiger partial charge in [-0.15, -0.1) is 0 Å². The molecular formula is C10H11NO4. The highest BCUT2D eigenvalue weighted by molar-refractivity contribution is 5.77. The smallest absolute Gasteiger partial charge is 0.404 e. The van der Waals surface area contributed by atoms with Crippen molar-refractivity contribution < 1.29 is 19.8 Å². The predicted octanol–water partition coefficient (Wildman–Crippen LogP) is 1.12. The fourth-order valence-corrected chi connectivity index (χ4v) is 1.22. The quantitative estimate of drug-likeness (QED) is 0.693. The molecule has 0 aromatic heterocycles. The molecule has 0 saturated carbocycles. The third-order valence-corrected chi connectivity index (χ3v) is 1.96. The van der Waals surface area contributed by atoms with Crippen LogP contribution in [0.15, 0.2) is 30.3 Å². The highest BCUT2D eigenvalue weighted by atomic mass is 16.4. The van der Waals surface area contributed by atoms with Gasteiger partial charge in [-0.05, 0) is 5.56 Å². The van der Waals surface area contributed by atoms with Crippen LogP contribution in [-0.4, -0.2) is 28.8 Å². The van der Waals surface area contributed by atoms with Crippen molar-refractivity contribution in [1.82, 2.24) is 5.32 Å². The maximum Gasteiger partial charge on any atom is 0.404 e. The second kappa shape index (κ2) is 4.99. The molecule has 5 nitrogen and oxygen atoms in total. The summed E-state index contributed by atoms with van der Waals surface area (Å²) < 4.78 is 0. The molecule has 0 aliphatic heterocycles. The maximum absolute atomic E-state index is 10.9. The molecule has 1 atom stereocenters. The number of hydrogen-bond acceptors (Lipinski definition) is 2. The van der Waals surface area contributed by atoms with Crippen LogP contribution < -0.4 is 5.32 Å². The number of carbonyl (C=O) groups is 2. The summed E-state index contributed by atoms with van der Waals surface area (Å²) in [5.74, 6) is -1.89. The van der Waals surface area contributed by atoms with Gasteiger partial charge in [0.15, 0.2) is 0 Å². The Balaban J connectivity index is 2.75. The molecule has 1 aromatic rings. The second-order valence-electron chi connectivity index (χ2n) is 2.99. The van der Waals surface area contributed by atoms with Crippen molar-refractivity contribution in [2.24, 2.45) is 0 Å². The summed E-state index contributed by atoms with van der Waals surface area (Å²) >= 11 is 0. The number of rotatable bonds is 4. The van der Waals surface area contributed by atoms with E-state index in [1.165, 1.54) is 0 Å². The Labute approximate surface area is 86.4 Å². The van der Waals surface area contributed by atoms with Crippen molar-refractivity contribution in [1.29, 1.82) is 0 Å². The molecule has 0 saturated heterocycles. The molecule has 15 heavy (non-hydrogen) atoms. The Bertz CT molecular complexity index is 350. The van der Waals surface area contributed by atoms with Crippen LogP contribution in [0, 0.1) is 0 Å². The van der Waals surface area contributed by atoms with E-state index in [9.17, 15) is 9.59 Å². The standard InChI is InChI=1S/C10H11NO4/c12-9(13)8(6-11-10(14)15)7-4-2-1-3-5-7/h1-5,8,11H,6H2,(H,12,13)(H,14,15). The molecule has 80 valence electrons. The van der Waals surface area contributed by atoms with E-state index in [0.29, 0.717) is 5.56 Å². The van der Waals surface area contributed by atoms with Crippen LogP contribution in [0.2, 0.25) is 0 Å². The molecule has 1 amide bonds. The number of hydrogen-bond donors (Lipinski definition) is 3. The zero-order valence-corrected chi connectivity index (χ0v) is 7.88. The molecule has 0 bridgehead atoms. The van der Waals surface area contributed by atoms with Crippen LogP contribution in [0.3, 0.4) is 0 Å². The van der Waals surface area contributed by atoms with Gasteiger partial charge < -0.3 is 15.5 Å². The van der Waals surface area contributed by atoms with Gasteiger partial charge in [0.25, 0.3) is 0 Å². The number of aliphatic carboxylic acids is 1. The molecule has 0 heterocycles. The molecule has 1 unspecified atom stereocenters. The summed E-state index contributed by atoms with van der Waals surface area (Å²) in [6.07, 6.45) is -1.22. The first kappa shape index (κ1) is 11.0. The van der Waals surface area contributed by atoms with Crippen LogP contribution in [0.1, 0.15) is 11.5 Å². The molecule has 1 rings (SSSR count). The number of benzene rings is 1. The molecule has 1 aromatic carbocycles. The van der Waals surface area contributed by atoms with Crippen molar-refractivity contribution >= 4 is 12.1 Å². The van der Waals surface area contributed by atoms with Gasteiger partial charge in [-0.25, -0.2) is 4.79 Å². The summed E-state index contributed by atoms with van der Waals surface area (Å²) in [5, 5.41) is 19.4. The first-order valence-electron chi connectivity index (χ1n) is 4.36. The Morgan fingerprint density at radius 3 is 2.27 bits per heavy atom. The monoisotopic (exact) mass is 209 g/mol. The molecule has 3 N–H and O–H groups in total. The molecule has 0 aliphatic rings. The van der Waals surface area contributed by atoms with Gasteiger partial charge in [-0.1, -0.05) is 30.3 Å². The van der Waals surface area contributed by atoms with E-state index in [-0.39, 0.29) is 6.54 Å². The lowest BCUT2D eigenvalue weighted by atomic mass is 9.99. The molecular weight excluding hydrogens is 198 g/mol. The Morgan fingerprint density at radius 2 is 1.80 bits per heavy atom. The second-order valence-corrected chi connectivity index (χ2v) is 2.99. The predicted molar refractivity (Wildman–Crippen MR) is 52.8 cm³/mol. The summed E-state index contributed by atoms with van der Waals surface area (Å²) in [6.45, 7) is -0.130. The lowest BCUT2D eigenvalue weighted by Gasteiger charge is -2.11. The van der Waals surface area contributed by atoms with Crippen molar-refractivity contribution in [2.45, 2.75) is 5.92 Å². The van der Waals surface area contributed by atoms with Gasteiger partial charge in [-0.3, -0.25) is 4.79 Å². The minimum atomic E-state index is -1.22. The van der Waals surface area contributed by atoms with Gasteiger partial charge in [0.2, 0.25) is 0 Å². The minimum absolute atomic E-state index is 0.130. The van der Waals surface area contributed by atoms with E-state index in [0.717, 1.165) is 0 Å². The highest BCUT2D eigenvalue weighted by Gasteiger charge is 2.19. The van der Waals surface area contributed by atoms with E-state index < -0.39 is 18.0 Å². The Hall–Kier alpha value is -2.04. The van der Waals surface area contributed by atoms with Crippen molar-refractivity contribution in [2.75, 3.05) is 6.54 Å². The molecule has 5 heteroatoms. The zero-order chi connectivity index (χ0) is 11.3. The number of carboxylic acid groups (broad SMARTS) is 2. The average molecular weight is 209 g/mol. The summed E-state index contributed by atoms with van der Waals surface area (Å²) in [7, 11) is 0. The van der Waals surface area contributed by atoms with Gasteiger partial charge in [0, 0.05) is 6.54 Å². The van der Waals surface area contributed by atoms with Gasteiger partial charge in [0.1, 0.15) is 0 Å². The van der Waals surface area contributed by atoms with Gasteiger partial charge in [0.05, 0.1) is 5.92 Å². The summed E-state index contributed by atoms with van der Waals surface area (Å²) in [6, 6.07) is 8.51. The first-order chi connectivity index (χ1) is 7.11. The van der Waals surface area contributed by atoms with E-state index in [4.69, 9.17) is 10.2 Å². The van der Waals surface area contributed by atoms with E-state index >= 15 is 0 Å². The van der Waals surface area contributed by atoms with Crippen molar-refractivity contribution in [3.8, 4) is 0 Å². The SMILES string of the molecule is O=C(O)NCC(C(=O)O)c1ccccc1. The van der Waals surface area contributed by atoms with Gasteiger partial charge >= 0.3 is 12.1 Å². The fraction of sp³-hybridized carbons (Fsp3) is 0.200. The molecule has 0 aliphatic carbocycles. The minimum Gasteiger partial charge on any atom is -0.481 e. The normalized spacial score (nSPS) is 11.7. The van der Waals surface area contributed by atoms with Crippen molar-refractivity contribution in [3.05, 3.63) is 35.9 Å². The topological polar surface area (TPSA) is 86.6 Å². The van der Waals surface area contributed by atoms with Crippen LogP contribution in [-0.2, 0) is 4.79 Å². The number of nitrogens with one attached hydrogen (secondary N) is 1. The lowest BCUT2D eigenvalue weighted by molar-refractivity contribution is -0.138. The van der Waals surface area contributed by atoms with Crippen LogP contribution in [0.4, 0.5) is 4.79 Å². The van der Waals surface area contributed by atoms with Crippen LogP contribution in [0.5, 0.6) is 0 Å².